The summed E-state index contributed by atoms with van der Waals surface area (Å²) in [5.41, 5.74) is 2.55. The van der Waals surface area contributed by atoms with E-state index >= 15 is 0 Å². The van der Waals surface area contributed by atoms with Crippen LogP contribution in [0.25, 0.3) is 0 Å². The van der Waals surface area contributed by atoms with Crippen LogP contribution in [0, 0.1) is 5.92 Å². The maximum atomic E-state index is 4.25. The Kier molecular flexibility index (Phi) is 4.59. The molecule has 21 heavy (non-hydrogen) atoms. The molecule has 1 aromatic carbocycles. The number of benzene rings is 1. The highest BCUT2D eigenvalue weighted by molar-refractivity contribution is 5.45. The molecule has 3 heteroatoms. The Hall–Kier alpha value is -1.77. The van der Waals surface area contributed by atoms with Crippen molar-refractivity contribution < 1.29 is 0 Å². The fourth-order valence-electron chi connectivity index (χ4n) is 3.39. The third-order valence-electron chi connectivity index (χ3n) is 4.64. The number of aromatic nitrogens is 2. The molecule has 2 aromatic rings. The van der Waals surface area contributed by atoms with Crippen molar-refractivity contribution in [1.29, 1.82) is 0 Å². The Balaban J connectivity index is 1.61. The van der Waals surface area contributed by atoms with E-state index in [1.807, 2.05) is 23.1 Å². The van der Waals surface area contributed by atoms with Crippen LogP contribution in [-0.2, 0) is 6.54 Å². The van der Waals surface area contributed by atoms with Gasteiger partial charge in [0.15, 0.2) is 0 Å². The molecular weight excluding hydrogens is 258 g/mol. The zero-order chi connectivity index (χ0) is 14.5. The van der Waals surface area contributed by atoms with E-state index in [1.54, 1.807) is 0 Å². The normalized spacial score (nSPS) is 22.1. The van der Waals surface area contributed by atoms with Crippen LogP contribution in [0.15, 0.2) is 42.7 Å². The monoisotopic (exact) mass is 283 g/mol. The molecule has 0 saturated heterocycles. The molecule has 0 spiro atoms. The lowest BCUT2D eigenvalue weighted by molar-refractivity contribution is 0.317. The first-order valence-electron chi connectivity index (χ1n) is 8.18. The molecule has 0 aliphatic heterocycles. The topological polar surface area (TPSA) is 29.9 Å². The van der Waals surface area contributed by atoms with Crippen molar-refractivity contribution in [1.82, 2.24) is 9.78 Å². The smallest absolute Gasteiger partial charge is 0.0659 e. The number of nitrogens with zero attached hydrogens (tertiary/aromatic N) is 2. The molecule has 1 heterocycles. The minimum Gasteiger partial charge on any atom is -0.382 e. The summed E-state index contributed by atoms with van der Waals surface area (Å²) in [7, 11) is 0. The first kappa shape index (κ1) is 14.2. The van der Waals surface area contributed by atoms with Gasteiger partial charge in [0.2, 0.25) is 0 Å². The highest BCUT2D eigenvalue weighted by atomic mass is 15.3. The van der Waals surface area contributed by atoms with Crippen molar-refractivity contribution in [2.24, 2.45) is 5.92 Å². The first-order valence-corrected chi connectivity index (χ1v) is 8.18. The van der Waals surface area contributed by atoms with Gasteiger partial charge in [-0.05, 0) is 42.5 Å². The molecule has 1 saturated carbocycles. The van der Waals surface area contributed by atoms with E-state index in [-0.39, 0.29) is 0 Å². The second kappa shape index (κ2) is 6.79. The lowest BCUT2D eigenvalue weighted by Gasteiger charge is -2.32. The van der Waals surface area contributed by atoms with Gasteiger partial charge in [0.05, 0.1) is 6.54 Å². The highest BCUT2D eigenvalue weighted by Gasteiger charge is 2.23. The van der Waals surface area contributed by atoms with E-state index in [2.05, 4.69) is 41.6 Å². The molecule has 1 fully saturated rings. The Morgan fingerprint density at radius 2 is 2.00 bits per heavy atom. The first-order chi connectivity index (χ1) is 10.3. The molecule has 2 atom stereocenters. The zero-order valence-electron chi connectivity index (χ0n) is 12.8. The van der Waals surface area contributed by atoms with E-state index in [0.717, 1.165) is 12.5 Å². The van der Waals surface area contributed by atoms with Gasteiger partial charge in [-0.2, -0.15) is 5.10 Å². The van der Waals surface area contributed by atoms with Crippen molar-refractivity contribution in [3.05, 3.63) is 48.3 Å². The van der Waals surface area contributed by atoms with Crippen molar-refractivity contribution in [2.75, 3.05) is 5.32 Å². The molecular formula is C18H25N3. The van der Waals surface area contributed by atoms with Gasteiger partial charge in [0, 0.05) is 24.1 Å². The van der Waals surface area contributed by atoms with E-state index in [9.17, 15) is 0 Å². The molecule has 1 aromatic heterocycles. The molecule has 0 radical (unpaired) electrons. The summed E-state index contributed by atoms with van der Waals surface area (Å²) in [6.07, 6.45) is 10.6. The third kappa shape index (κ3) is 3.66. The Labute approximate surface area is 127 Å². The second-order valence-electron chi connectivity index (χ2n) is 6.10. The standard InChI is InChI=1S/C18H25N3/c1-2-16-6-3-4-7-18(16)20-17-10-8-15(9-11-17)14-21-13-5-12-19-21/h5,8-13,16,18,20H,2-4,6-7,14H2,1H3. The molecule has 2 unspecified atom stereocenters. The van der Waals surface area contributed by atoms with Crippen LogP contribution >= 0.6 is 0 Å². The third-order valence-corrected chi connectivity index (χ3v) is 4.64. The van der Waals surface area contributed by atoms with Gasteiger partial charge in [0.1, 0.15) is 0 Å². The predicted octanol–water partition coefficient (Wildman–Crippen LogP) is 4.31. The lowest BCUT2D eigenvalue weighted by Crippen LogP contribution is -2.31. The highest BCUT2D eigenvalue weighted by Crippen LogP contribution is 2.29. The van der Waals surface area contributed by atoms with Gasteiger partial charge in [-0.3, -0.25) is 4.68 Å². The van der Waals surface area contributed by atoms with Crippen LogP contribution in [0.5, 0.6) is 0 Å². The van der Waals surface area contributed by atoms with E-state index in [4.69, 9.17) is 0 Å². The van der Waals surface area contributed by atoms with Crippen LogP contribution in [0.3, 0.4) is 0 Å². The fourth-order valence-corrected chi connectivity index (χ4v) is 3.39. The Bertz CT molecular complexity index is 530. The lowest BCUT2D eigenvalue weighted by atomic mass is 9.83. The fraction of sp³-hybridized carbons (Fsp3) is 0.500. The Morgan fingerprint density at radius 1 is 1.19 bits per heavy atom. The largest absolute Gasteiger partial charge is 0.382 e. The van der Waals surface area contributed by atoms with Gasteiger partial charge < -0.3 is 5.32 Å². The molecule has 3 rings (SSSR count). The number of anilines is 1. The van der Waals surface area contributed by atoms with Gasteiger partial charge in [-0.25, -0.2) is 0 Å². The molecule has 0 bridgehead atoms. The summed E-state index contributed by atoms with van der Waals surface area (Å²) >= 11 is 0. The molecule has 1 N–H and O–H groups in total. The Morgan fingerprint density at radius 3 is 2.71 bits per heavy atom. The SMILES string of the molecule is CCC1CCCCC1Nc1ccc(Cn2cccn2)cc1. The average Bonchev–Trinajstić information content (AvgIpc) is 3.03. The van der Waals surface area contributed by atoms with Gasteiger partial charge in [-0.15, -0.1) is 0 Å². The molecule has 0 amide bonds. The van der Waals surface area contributed by atoms with Gasteiger partial charge >= 0.3 is 0 Å². The second-order valence-corrected chi connectivity index (χ2v) is 6.10. The molecule has 3 nitrogen and oxygen atoms in total. The number of hydrogen-bond acceptors (Lipinski definition) is 2. The van der Waals surface area contributed by atoms with Crippen molar-refractivity contribution >= 4 is 5.69 Å². The van der Waals surface area contributed by atoms with E-state index < -0.39 is 0 Å². The maximum absolute atomic E-state index is 4.25. The van der Waals surface area contributed by atoms with Crippen LogP contribution in [0.2, 0.25) is 0 Å². The predicted molar refractivity (Wildman–Crippen MR) is 87.4 cm³/mol. The summed E-state index contributed by atoms with van der Waals surface area (Å²) in [6.45, 7) is 3.16. The number of rotatable bonds is 5. The van der Waals surface area contributed by atoms with Gasteiger partial charge in [0.25, 0.3) is 0 Å². The quantitative estimate of drug-likeness (QED) is 0.886. The van der Waals surface area contributed by atoms with Crippen molar-refractivity contribution in [3.8, 4) is 0 Å². The molecule has 112 valence electrons. The minimum atomic E-state index is 0.653. The van der Waals surface area contributed by atoms with Gasteiger partial charge in [-0.1, -0.05) is 38.3 Å². The van der Waals surface area contributed by atoms with Crippen LogP contribution < -0.4 is 5.32 Å². The van der Waals surface area contributed by atoms with Crippen LogP contribution in [0.4, 0.5) is 5.69 Å². The number of nitrogens with one attached hydrogen (secondary N) is 1. The van der Waals surface area contributed by atoms with Crippen molar-refractivity contribution in [2.45, 2.75) is 51.6 Å². The van der Waals surface area contributed by atoms with E-state index in [1.165, 1.54) is 43.4 Å². The minimum absolute atomic E-state index is 0.653. The summed E-state index contributed by atoms with van der Waals surface area (Å²) in [4.78, 5) is 0. The average molecular weight is 283 g/mol. The number of hydrogen-bond donors (Lipinski definition) is 1. The summed E-state index contributed by atoms with van der Waals surface area (Å²) in [5.74, 6) is 0.836. The summed E-state index contributed by atoms with van der Waals surface area (Å²) in [5, 5.41) is 8.00. The van der Waals surface area contributed by atoms with Crippen molar-refractivity contribution in [3.63, 3.8) is 0 Å². The molecule has 1 aliphatic carbocycles. The summed E-state index contributed by atoms with van der Waals surface area (Å²) < 4.78 is 1.96. The van der Waals surface area contributed by atoms with Crippen LogP contribution in [0.1, 0.15) is 44.6 Å². The van der Waals surface area contributed by atoms with E-state index in [0.29, 0.717) is 6.04 Å². The van der Waals surface area contributed by atoms with Crippen LogP contribution in [-0.4, -0.2) is 15.8 Å². The maximum Gasteiger partial charge on any atom is 0.0659 e. The molecule has 1 aliphatic rings. The summed E-state index contributed by atoms with van der Waals surface area (Å²) in [6, 6.07) is 11.4. The zero-order valence-corrected chi connectivity index (χ0v) is 12.8.